The Labute approximate surface area is 250 Å². The van der Waals surface area contributed by atoms with E-state index in [4.69, 9.17) is 4.74 Å². The topological polar surface area (TPSA) is 101 Å². The average molecular weight is 555 g/mol. The maximum Gasteiger partial charge on any atom is 1.00 e. The van der Waals surface area contributed by atoms with Gasteiger partial charge >= 0.3 is 35.5 Å². The molecular formula is C29H55NaO6S. The van der Waals surface area contributed by atoms with Crippen LogP contribution in [-0.2, 0) is 24.4 Å². The largest absolute Gasteiger partial charge is 1.00 e. The second-order valence-electron chi connectivity index (χ2n) is 10.5. The van der Waals surface area contributed by atoms with Crippen molar-refractivity contribution < 1.29 is 56.9 Å². The van der Waals surface area contributed by atoms with Gasteiger partial charge in [0.1, 0.15) is 11.9 Å². The predicted molar refractivity (Wildman–Crippen MR) is 147 cm³/mol. The van der Waals surface area contributed by atoms with Gasteiger partial charge in [-0.2, -0.15) is 0 Å². The van der Waals surface area contributed by atoms with Crippen molar-refractivity contribution in [3.8, 4) is 0 Å². The SMILES string of the molecule is CCCCCCCCCCCCCCCCCC(=O)OC(CCCCCCCC(C)=O)CS(=O)(=O)[O-].[Na+]. The molecule has 1 atom stereocenters. The van der Waals surface area contributed by atoms with E-state index in [9.17, 15) is 22.6 Å². The number of ether oxygens (including phenoxy) is 1. The molecular weight excluding hydrogens is 499 g/mol. The zero-order chi connectivity index (χ0) is 26.9. The van der Waals surface area contributed by atoms with Crippen molar-refractivity contribution in [3.05, 3.63) is 0 Å². The van der Waals surface area contributed by atoms with Gasteiger partial charge in [-0.3, -0.25) is 4.79 Å². The molecule has 0 bridgehead atoms. The molecule has 37 heavy (non-hydrogen) atoms. The number of rotatable bonds is 27. The molecule has 8 heteroatoms. The van der Waals surface area contributed by atoms with Crippen LogP contribution in [0.2, 0.25) is 0 Å². The Balaban J connectivity index is 0. The van der Waals surface area contributed by atoms with Crippen LogP contribution in [0.4, 0.5) is 0 Å². The van der Waals surface area contributed by atoms with Crippen molar-refractivity contribution in [2.45, 2.75) is 168 Å². The molecule has 0 amide bonds. The molecule has 0 spiro atoms. The first-order valence-corrected chi connectivity index (χ1v) is 16.4. The molecule has 0 N–H and O–H groups in total. The Bertz CT molecular complexity index is 638. The van der Waals surface area contributed by atoms with E-state index in [1.54, 1.807) is 6.92 Å². The molecule has 0 heterocycles. The summed E-state index contributed by atoms with van der Waals surface area (Å²) in [5.74, 6) is -0.862. The summed E-state index contributed by atoms with van der Waals surface area (Å²) in [5.41, 5.74) is 0. The van der Waals surface area contributed by atoms with Gasteiger partial charge in [-0.15, -0.1) is 0 Å². The number of hydrogen-bond acceptors (Lipinski definition) is 6. The molecule has 6 nitrogen and oxygen atoms in total. The third-order valence-corrected chi connectivity index (χ3v) is 7.51. The van der Waals surface area contributed by atoms with Crippen LogP contribution < -0.4 is 29.6 Å². The van der Waals surface area contributed by atoms with Crippen LogP contribution in [0.1, 0.15) is 162 Å². The maximum absolute atomic E-state index is 12.2. The van der Waals surface area contributed by atoms with Gasteiger partial charge in [-0.25, -0.2) is 8.42 Å². The third kappa shape index (κ3) is 32.2. The van der Waals surface area contributed by atoms with Gasteiger partial charge in [0.25, 0.3) is 0 Å². The fraction of sp³-hybridized carbons (Fsp3) is 0.931. The molecule has 214 valence electrons. The number of hydrogen-bond donors (Lipinski definition) is 0. The molecule has 0 saturated carbocycles. The van der Waals surface area contributed by atoms with Gasteiger partial charge in [0.2, 0.25) is 0 Å². The standard InChI is InChI=1S/C29H56O6S.Na/c1-3-4-5-6-7-8-9-10-11-12-13-14-15-19-22-25-29(31)35-28(26-36(32,33)34)24-21-18-16-17-20-23-27(2)30;/h28H,3-26H2,1-2H3,(H,32,33,34);/q;+1/p-1. The average Bonchev–Trinajstić information content (AvgIpc) is 2.79. The van der Waals surface area contributed by atoms with E-state index in [2.05, 4.69) is 6.92 Å². The summed E-state index contributed by atoms with van der Waals surface area (Å²) in [5, 5.41) is 0. The zero-order valence-electron chi connectivity index (χ0n) is 24.4. The Morgan fingerprint density at radius 3 is 1.43 bits per heavy atom. The van der Waals surface area contributed by atoms with Gasteiger partial charge in [0.15, 0.2) is 0 Å². The van der Waals surface area contributed by atoms with Crippen molar-refractivity contribution in [1.82, 2.24) is 0 Å². The van der Waals surface area contributed by atoms with Crippen LogP contribution in [-0.4, -0.2) is 36.6 Å². The first-order chi connectivity index (χ1) is 17.2. The van der Waals surface area contributed by atoms with Crippen LogP contribution in [0.25, 0.3) is 0 Å². The van der Waals surface area contributed by atoms with Gasteiger partial charge in [0.05, 0.1) is 15.9 Å². The van der Waals surface area contributed by atoms with Crippen molar-refractivity contribution in [1.29, 1.82) is 0 Å². The normalized spacial score (nSPS) is 12.2. The summed E-state index contributed by atoms with van der Waals surface area (Å²) in [6.07, 6.45) is 23.5. The van der Waals surface area contributed by atoms with Gasteiger partial charge in [0, 0.05) is 12.8 Å². The number of ketones is 1. The Kier molecular flexibility index (Phi) is 29.2. The molecule has 0 fully saturated rings. The van der Waals surface area contributed by atoms with Crippen molar-refractivity contribution in [2.75, 3.05) is 5.75 Å². The summed E-state index contributed by atoms with van der Waals surface area (Å²) in [6.45, 7) is 3.84. The first-order valence-electron chi connectivity index (χ1n) is 14.9. The number of carbonyl (C=O) groups is 2. The van der Waals surface area contributed by atoms with Crippen molar-refractivity contribution in [2.24, 2.45) is 0 Å². The molecule has 0 aromatic carbocycles. The van der Waals surface area contributed by atoms with Crippen molar-refractivity contribution in [3.63, 3.8) is 0 Å². The first kappa shape index (κ1) is 39.2. The molecule has 1 unspecified atom stereocenters. The van der Waals surface area contributed by atoms with Crippen LogP contribution in [0.15, 0.2) is 0 Å². The summed E-state index contributed by atoms with van der Waals surface area (Å²) in [4.78, 5) is 23.1. The van der Waals surface area contributed by atoms with Crippen LogP contribution >= 0.6 is 0 Å². The molecule has 0 radical (unpaired) electrons. The zero-order valence-corrected chi connectivity index (χ0v) is 27.2. The van der Waals surface area contributed by atoms with Gasteiger partial charge < -0.3 is 14.1 Å². The summed E-state index contributed by atoms with van der Waals surface area (Å²) < 4.78 is 38.9. The molecule has 0 aromatic heterocycles. The quantitative estimate of drug-likeness (QED) is 0.0611. The van der Waals surface area contributed by atoms with Gasteiger partial charge in [-0.1, -0.05) is 116 Å². The maximum atomic E-state index is 12.2. The fourth-order valence-electron chi connectivity index (χ4n) is 4.57. The van der Waals surface area contributed by atoms with E-state index >= 15 is 0 Å². The van der Waals surface area contributed by atoms with Gasteiger partial charge in [-0.05, 0) is 32.6 Å². The monoisotopic (exact) mass is 554 g/mol. The smallest absolute Gasteiger partial charge is 0.748 e. The molecule has 0 rings (SSSR count). The number of Topliss-reactive ketones (excluding diaryl/α,β-unsaturated/α-hetero) is 1. The van der Waals surface area contributed by atoms with E-state index in [0.717, 1.165) is 44.9 Å². The van der Waals surface area contributed by atoms with E-state index in [-0.39, 0.29) is 41.8 Å². The van der Waals surface area contributed by atoms with E-state index in [0.29, 0.717) is 19.3 Å². The minimum Gasteiger partial charge on any atom is -0.748 e. The summed E-state index contributed by atoms with van der Waals surface area (Å²) in [7, 11) is -4.45. The summed E-state index contributed by atoms with van der Waals surface area (Å²) >= 11 is 0. The second kappa shape index (κ2) is 27.6. The Morgan fingerprint density at radius 2 is 1.03 bits per heavy atom. The van der Waals surface area contributed by atoms with Crippen LogP contribution in [0, 0.1) is 0 Å². The minimum atomic E-state index is -4.45. The number of esters is 1. The summed E-state index contributed by atoms with van der Waals surface area (Å²) in [6, 6.07) is 0. The Morgan fingerprint density at radius 1 is 0.649 bits per heavy atom. The molecule has 0 saturated heterocycles. The molecule has 0 aliphatic carbocycles. The number of unbranched alkanes of at least 4 members (excludes halogenated alkanes) is 18. The number of carbonyl (C=O) groups excluding carboxylic acids is 2. The molecule has 0 aromatic rings. The fourth-order valence-corrected chi connectivity index (χ4v) is 5.26. The Hall–Kier alpha value is 0.0500. The van der Waals surface area contributed by atoms with Crippen LogP contribution in [0.3, 0.4) is 0 Å². The molecule has 0 aliphatic heterocycles. The van der Waals surface area contributed by atoms with Crippen LogP contribution in [0.5, 0.6) is 0 Å². The third-order valence-electron chi connectivity index (χ3n) is 6.73. The minimum absolute atomic E-state index is 0. The van der Waals surface area contributed by atoms with E-state index in [1.807, 2.05) is 0 Å². The van der Waals surface area contributed by atoms with Crippen molar-refractivity contribution >= 4 is 21.9 Å². The second-order valence-corrected chi connectivity index (χ2v) is 12.0. The molecule has 0 aliphatic rings. The van der Waals surface area contributed by atoms with E-state index < -0.39 is 27.9 Å². The van der Waals surface area contributed by atoms with E-state index in [1.165, 1.54) is 77.0 Å². The predicted octanol–water partition coefficient (Wildman–Crippen LogP) is 5.03.